The number of aryl methyl sites for hydroxylation is 1. The Hall–Kier alpha value is -1.70. The van der Waals surface area contributed by atoms with Crippen molar-refractivity contribution < 1.29 is 4.52 Å². The standard InChI is InChI=1S/C13H18BrN5O2/c1-8(2)7-19-13(20)12(14)10(6-16-19)15-5-4-11-17-9(3)21-18-11/h6,8,15H,4-5,7H2,1-3H3. The summed E-state index contributed by atoms with van der Waals surface area (Å²) in [6, 6.07) is 0. The third kappa shape index (κ3) is 4.13. The van der Waals surface area contributed by atoms with Crippen LogP contribution in [0, 0.1) is 12.8 Å². The predicted octanol–water partition coefficient (Wildman–Crippen LogP) is 2.01. The Morgan fingerprint density at radius 2 is 2.24 bits per heavy atom. The number of nitrogens with zero attached hydrogens (tertiary/aromatic N) is 4. The third-order valence-electron chi connectivity index (χ3n) is 2.76. The lowest BCUT2D eigenvalue weighted by Gasteiger charge is -2.11. The molecule has 0 amide bonds. The smallest absolute Gasteiger partial charge is 0.283 e. The maximum Gasteiger partial charge on any atom is 0.283 e. The summed E-state index contributed by atoms with van der Waals surface area (Å²) in [6.07, 6.45) is 2.26. The lowest BCUT2D eigenvalue weighted by molar-refractivity contribution is 0.387. The van der Waals surface area contributed by atoms with E-state index in [0.717, 1.165) is 0 Å². The van der Waals surface area contributed by atoms with Crippen LogP contribution in [-0.2, 0) is 13.0 Å². The lowest BCUT2D eigenvalue weighted by Crippen LogP contribution is -2.26. The lowest BCUT2D eigenvalue weighted by atomic mass is 10.2. The molecule has 8 heteroatoms. The van der Waals surface area contributed by atoms with Crippen LogP contribution < -0.4 is 10.9 Å². The minimum Gasteiger partial charge on any atom is -0.382 e. The molecule has 0 radical (unpaired) electrons. The highest BCUT2D eigenvalue weighted by Gasteiger charge is 2.10. The van der Waals surface area contributed by atoms with Gasteiger partial charge in [-0.2, -0.15) is 10.1 Å². The molecule has 114 valence electrons. The Balaban J connectivity index is 2.00. The molecule has 2 heterocycles. The summed E-state index contributed by atoms with van der Waals surface area (Å²) in [7, 11) is 0. The second kappa shape index (κ2) is 6.84. The van der Waals surface area contributed by atoms with Gasteiger partial charge in [-0.15, -0.1) is 0 Å². The Morgan fingerprint density at radius 3 is 2.86 bits per heavy atom. The fourth-order valence-corrected chi connectivity index (χ4v) is 2.26. The maximum atomic E-state index is 12.1. The van der Waals surface area contributed by atoms with Gasteiger partial charge in [-0.25, -0.2) is 4.68 Å². The molecule has 0 aliphatic rings. The molecule has 0 bridgehead atoms. The van der Waals surface area contributed by atoms with E-state index in [9.17, 15) is 4.79 Å². The number of aromatic nitrogens is 4. The number of nitrogens with one attached hydrogen (secondary N) is 1. The Kier molecular flexibility index (Phi) is 5.11. The first-order valence-electron chi connectivity index (χ1n) is 6.76. The van der Waals surface area contributed by atoms with Crippen LogP contribution in [0.3, 0.4) is 0 Å². The van der Waals surface area contributed by atoms with E-state index in [-0.39, 0.29) is 5.56 Å². The Labute approximate surface area is 130 Å². The summed E-state index contributed by atoms with van der Waals surface area (Å²) < 4.78 is 6.85. The molecule has 7 nitrogen and oxygen atoms in total. The molecule has 0 saturated heterocycles. The number of anilines is 1. The second-order valence-corrected chi connectivity index (χ2v) is 5.95. The normalized spacial score (nSPS) is 11.1. The van der Waals surface area contributed by atoms with Gasteiger partial charge < -0.3 is 9.84 Å². The summed E-state index contributed by atoms with van der Waals surface area (Å²) in [5, 5.41) is 11.1. The van der Waals surface area contributed by atoms with Crippen LogP contribution in [0.5, 0.6) is 0 Å². The van der Waals surface area contributed by atoms with E-state index in [0.29, 0.717) is 47.3 Å². The van der Waals surface area contributed by atoms with E-state index in [4.69, 9.17) is 4.52 Å². The summed E-state index contributed by atoms with van der Waals surface area (Å²) in [5.74, 6) is 1.55. The first-order valence-corrected chi connectivity index (χ1v) is 7.55. The Bertz CT molecular complexity index is 665. The molecule has 0 atom stereocenters. The fraction of sp³-hybridized carbons (Fsp3) is 0.538. The van der Waals surface area contributed by atoms with Crippen molar-refractivity contribution in [1.29, 1.82) is 0 Å². The van der Waals surface area contributed by atoms with E-state index in [1.807, 2.05) is 13.8 Å². The van der Waals surface area contributed by atoms with Crippen LogP contribution in [0.2, 0.25) is 0 Å². The Morgan fingerprint density at radius 1 is 1.48 bits per heavy atom. The van der Waals surface area contributed by atoms with E-state index >= 15 is 0 Å². The van der Waals surface area contributed by atoms with Crippen LogP contribution in [0.1, 0.15) is 25.6 Å². The average Bonchev–Trinajstić information content (AvgIpc) is 2.83. The molecule has 2 aromatic heterocycles. The van der Waals surface area contributed by atoms with Gasteiger partial charge in [-0.1, -0.05) is 19.0 Å². The van der Waals surface area contributed by atoms with Crippen LogP contribution in [0.25, 0.3) is 0 Å². The largest absolute Gasteiger partial charge is 0.382 e. The molecule has 0 unspecified atom stereocenters. The van der Waals surface area contributed by atoms with Gasteiger partial charge in [-0.05, 0) is 21.8 Å². The minimum atomic E-state index is -0.135. The zero-order valence-electron chi connectivity index (χ0n) is 12.3. The topological polar surface area (TPSA) is 85.8 Å². The highest BCUT2D eigenvalue weighted by molar-refractivity contribution is 9.10. The van der Waals surface area contributed by atoms with Crippen molar-refractivity contribution in [2.75, 3.05) is 11.9 Å². The molecule has 2 rings (SSSR count). The van der Waals surface area contributed by atoms with E-state index in [1.54, 1.807) is 13.1 Å². The van der Waals surface area contributed by atoms with Crippen LogP contribution in [-0.4, -0.2) is 26.5 Å². The summed E-state index contributed by atoms with van der Waals surface area (Å²) >= 11 is 3.33. The summed E-state index contributed by atoms with van der Waals surface area (Å²) in [6.45, 7) is 7.02. The number of rotatable bonds is 6. The second-order valence-electron chi connectivity index (χ2n) is 5.16. The maximum absolute atomic E-state index is 12.1. The number of hydrogen-bond acceptors (Lipinski definition) is 6. The molecule has 0 saturated carbocycles. The average molecular weight is 356 g/mol. The van der Waals surface area contributed by atoms with Crippen molar-refractivity contribution in [1.82, 2.24) is 19.9 Å². The molecule has 0 aromatic carbocycles. The third-order valence-corrected chi connectivity index (χ3v) is 3.52. The van der Waals surface area contributed by atoms with Gasteiger partial charge in [0, 0.05) is 26.4 Å². The first kappa shape index (κ1) is 15.7. The van der Waals surface area contributed by atoms with Crippen LogP contribution >= 0.6 is 15.9 Å². The minimum absolute atomic E-state index is 0.135. The zero-order chi connectivity index (χ0) is 15.4. The van der Waals surface area contributed by atoms with Gasteiger partial charge in [0.25, 0.3) is 5.56 Å². The van der Waals surface area contributed by atoms with Crippen molar-refractivity contribution in [2.45, 2.75) is 33.7 Å². The molecule has 1 N–H and O–H groups in total. The van der Waals surface area contributed by atoms with Crippen molar-refractivity contribution in [3.8, 4) is 0 Å². The molecule has 21 heavy (non-hydrogen) atoms. The number of hydrogen-bond donors (Lipinski definition) is 1. The van der Waals surface area contributed by atoms with E-state index in [2.05, 4.69) is 36.5 Å². The summed E-state index contributed by atoms with van der Waals surface area (Å²) in [5.41, 5.74) is 0.532. The quantitative estimate of drug-likeness (QED) is 0.852. The monoisotopic (exact) mass is 355 g/mol. The highest BCUT2D eigenvalue weighted by atomic mass is 79.9. The van der Waals surface area contributed by atoms with Crippen molar-refractivity contribution >= 4 is 21.6 Å². The van der Waals surface area contributed by atoms with Crippen LogP contribution in [0.4, 0.5) is 5.69 Å². The molecule has 0 aliphatic carbocycles. The van der Waals surface area contributed by atoms with Gasteiger partial charge in [0.1, 0.15) is 4.47 Å². The first-order chi connectivity index (χ1) is 9.97. The molecule has 0 aliphatic heterocycles. The molecular formula is C13H18BrN5O2. The fourth-order valence-electron chi connectivity index (χ4n) is 1.82. The van der Waals surface area contributed by atoms with Gasteiger partial charge >= 0.3 is 0 Å². The molecule has 2 aromatic rings. The van der Waals surface area contributed by atoms with Gasteiger partial charge in [0.2, 0.25) is 5.89 Å². The zero-order valence-corrected chi connectivity index (χ0v) is 13.8. The van der Waals surface area contributed by atoms with Gasteiger partial charge in [-0.3, -0.25) is 4.79 Å². The van der Waals surface area contributed by atoms with E-state index in [1.165, 1.54) is 4.68 Å². The SMILES string of the molecule is Cc1nc(CCNc2cnn(CC(C)C)c(=O)c2Br)no1. The molecule has 0 spiro atoms. The van der Waals surface area contributed by atoms with Crippen molar-refractivity contribution in [3.05, 3.63) is 32.7 Å². The van der Waals surface area contributed by atoms with Crippen molar-refractivity contribution in [2.24, 2.45) is 5.92 Å². The number of halogens is 1. The van der Waals surface area contributed by atoms with Crippen LogP contribution in [0.15, 0.2) is 20.0 Å². The van der Waals surface area contributed by atoms with Gasteiger partial charge in [0.15, 0.2) is 5.82 Å². The van der Waals surface area contributed by atoms with Crippen molar-refractivity contribution in [3.63, 3.8) is 0 Å². The van der Waals surface area contributed by atoms with Gasteiger partial charge in [0.05, 0.1) is 11.9 Å². The van der Waals surface area contributed by atoms with E-state index < -0.39 is 0 Å². The highest BCUT2D eigenvalue weighted by Crippen LogP contribution is 2.16. The predicted molar refractivity (Wildman–Crippen MR) is 82.3 cm³/mol. The molecule has 0 fully saturated rings. The summed E-state index contributed by atoms with van der Waals surface area (Å²) in [4.78, 5) is 16.3. The molecular weight excluding hydrogens is 338 g/mol.